The number of benzene rings is 8. The molecule has 11 aromatic rings. The van der Waals surface area contributed by atoms with Crippen LogP contribution < -0.4 is 0 Å². The summed E-state index contributed by atoms with van der Waals surface area (Å²) in [6.07, 6.45) is 0. The zero-order valence-corrected chi connectivity index (χ0v) is 33.8. The van der Waals surface area contributed by atoms with Gasteiger partial charge < -0.3 is 0 Å². The fraction of sp³-hybridized carbons (Fsp3) is 0. The van der Waals surface area contributed by atoms with Crippen molar-refractivity contribution in [2.24, 2.45) is 0 Å². The van der Waals surface area contributed by atoms with Crippen molar-refractivity contribution in [2.45, 2.75) is 0 Å². The summed E-state index contributed by atoms with van der Waals surface area (Å²) in [6, 6.07) is 76.3. The van der Waals surface area contributed by atoms with Crippen LogP contribution in [0.3, 0.4) is 0 Å². The number of thiophene rings is 1. The van der Waals surface area contributed by atoms with Gasteiger partial charge in [0, 0.05) is 64.7 Å². The predicted octanol–water partition coefficient (Wildman–Crippen LogP) is 15.0. The quantitative estimate of drug-likeness (QED) is 0.154. The summed E-state index contributed by atoms with van der Waals surface area (Å²) in [5, 5.41) is 2.44. The highest BCUT2D eigenvalue weighted by Gasteiger charge is 2.25. The van der Waals surface area contributed by atoms with E-state index in [1.54, 1.807) is 11.3 Å². The van der Waals surface area contributed by atoms with Crippen molar-refractivity contribution >= 4 is 31.5 Å². The molecule has 11 rings (SSSR count). The maximum absolute atomic E-state index is 5.60. The average molecular weight is 797 g/mol. The van der Waals surface area contributed by atoms with Crippen molar-refractivity contribution in [3.8, 4) is 90.1 Å². The van der Waals surface area contributed by atoms with Crippen molar-refractivity contribution in [3.05, 3.63) is 218 Å². The molecule has 0 radical (unpaired) electrons. The number of pyridine rings is 1. The number of aromatic nitrogens is 4. The van der Waals surface area contributed by atoms with Gasteiger partial charge >= 0.3 is 0 Å². The van der Waals surface area contributed by atoms with Gasteiger partial charge in [0.1, 0.15) is 0 Å². The summed E-state index contributed by atoms with van der Waals surface area (Å²) in [6.45, 7) is 0. The van der Waals surface area contributed by atoms with Gasteiger partial charge in [-0.1, -0.05) is 206 Å². The first kappa shape index (κ1) is 36.2. The Labute approximate surface area is 358 Å². The van der Waals surface area contributed by atoms with Gasteiger partial charge in [0.25, 0.3) is 0 Å². The second-order valence-corrected chi connectivity index (χ2v) is 16.0. The largest absolute Gasteiger partial charge is 0.246 e. The van der Waals surface area contributed by atoms with E-state index in [0.717, 1.165) is 72.6 Å². The van der Waals surface area contributed by atoms with E-state index >= 15 is 0 Å². The molecule has 0 spiro atoms. The van der Waals surface area contributed by atoms with Crippen LogP contribution >= 0.6 is 11.3 Å². The number of hydrogen-bond donors (Lipinski definition) is 0. The molecule has 4 nitrogen and oxygen atoms in total. The highest BCUT2D eigenvalue weighted by atomic mass is 32.1. The molecule has 3 aromatic heterocycles. The third-order valence-corrected chi connectivity index (χ3v) is 12.4. The fourth-order valence-corrected chi connectivity index (χ4v) is 9.52. The molecule has 0 bridgehead atoms. The Kier molecular flexibility index (Phi) is 9.34. The monoisotopic (exact) mass is 796 g/mol. The molecule has 0 saturated carbocycles. The molecule has 286 valence electrons. The second kappa shape index (κ2) is 15.7. The molecule has 0 unspecified atom stereocenters. The minimum absolute atomic E-state index is 0.616. The van der Waals surface area contributed by atoms with Crippen LogP contribution in [-0.2, 0) is 0 Å². The molecule has 0 saturated heterocycles. The van der Waals surface area contributed by atoms with Gasteiger partial charge in [-0.15, -0.1) is 11.3 Å². The standard InChI is InChI=1S/C56H36N4S/c1-6-19-37(20-7-1)49-48(50(38-21-8-2-9-22-38)52(41-25-12-4-13-26-41)57-51(49)40-23-10-3-11-24-40)39-33-35-43(36-34-39)55-58-54(42-27-14-5-15-28-42)59-56(60-55)46-31-18-30-45-44-29-16-17-32-47(44)61-53(45)46/h1-36H. The summed E-state index contributed by atoms with van der Waals surface area (Å²) >= 11 is 1.78. The van der Waals surface area contributed by atoms with Gasteiger partial charge in [-0.2, -0.15) is 0 Å². The van der Waals surface area contributed by atoms with Gasteiger partial charge in [0.2, 0.25) is 0 Å². The molecule has 0 amide bonds. The molecular formula is C56H36N4S. The van der Waals surface area contributed by atoms with E-state index in [1.807, 2.05) is 18.2 Å². The summed E-state index contributed by atoms with van der Waals surface area (Å²) in [5.74, 6) is 1.90. The lowest BCUT2D eigenvalue weighted by atomic mass is 9.83. The summed E-state index contributed by atoms with van der Waals surface area (Å²) < 4.78 is 2.41. The molecule has 0 atom stereocenters. The van der Waals surface area contributed by atoms with E-state index < -0.39 is 0 Å². The summed E-state index contributed by atoms with van der Waals surface area (Å²) in [4.78, 5) is 21.1. The molecule has 5 heteroatoms. The van der Waals surface area contributed by atoms with Crippen molar-refractivity contribution < 1.29 is 0 Å². The van der Waals surface area contributed by atoms with Crippen molar-refractivity contribution in [2.75, 3.05) is 0 Å². The van der Waals surface area contributed by atoms with Crippen molar-refractivity contribution in [1.29, 1.82) is 0 Å². The van der Waals surface area contributed by atoms with E-state index in [1.165, 1.54) is 20.2 Å². The maximum atomic E-state index is 5.60. The zero-order chi connectivity index (χ0) is 40.5. The van der Waals surface area contributed by atoms with E-state index in [4.69, 9.17) is 19.9 Å². The first-order valence-electron chi connectivity index (χ1n) is 20.4. The van der Waals surface area contributed by atoms with Crippen LogP contribution in [-0.4, -0.2) is 19.9 Å². The van der Waals surface area contributed by atoms with Gasteiger partial charge in [-0.25, -0.2) is 19.9 Å². The molecule has 0 fully saturated rings. The Morgan fingerprint density at radius 3 is 1.20 bits per heavy atom. The molecule has 0 aliphatic heterocycles. The first-order chi connectivity index (χ1) is 30.3. The van der Waals surface area contributed by atoms with Crippen molar-refractivity contribution in [3.63, 3.8) is 0 Å². The SMILES string of the molecule is c1ccc(-c2nc(-c3ccc(-c4c(-c5ccccc5)c(-c5ccccc5)nc(-c5ccccc5)c4-c4ccccc4)cc3)nc(-c3cccc4c3sc3ccccc34)n2)cc1. The predicted molar refractivity (Wildman–Crippen MR) is 254 cm³/mol. The number of hydrogen-bond acceptors (Lipinski definition) is 5. The van der Waals surface area contributed by atoms with E-state index in [0.29, 0.717) is 17.5 Å². The van der Waals surface area contributed by atoms with Crippen LogP contribution in [0.15, 0.2) is 218 Å². The maximum Gasteiger partial charge on any atom is 0.165 e. The highest BCUT2D eigenvalue weighted by molar-refractivity contribution is 7.26. The normalized spacial score (nSPS) is 11.3. The lowest BCUT2D eigenvalue weighted by molar-refractivity contribution is 1.08. The molecule has 0 aliphatic carbocycles. The van der Waals surface area contributed by atoms with Crippen LogP contribution in [0.2, 0.25) is 0 Å². The van der Waals surface area contributed by atoms with E-state index in [-0.39, 0.29) is 0 Å². The van der Waals surface area contributed by atoms with Crippen LogP contribution in [0.25, 0.3) is 110 Å². The van der Waals surface area contributed by atoms with Crippen LogP contribution in [0.4, 0.5) is 0 Å². The summed E-state index contributed by atoms with van der Waals surface area (Å²) in [7, 11) is 0. The molecule has 0 N–H and O–H groups in total. The second-order valence-electron chi connectivity index (χ2n) is 14.9. The average Bonchev–Trinajstić information content (AvgIpc) is 3.74. The van der Waals surface area contributed by atoms with Gasteiger partial charge in [-0.05, 0) is 28.8 Å². The van der Waals surface area contributed by atoms with Gasteiger partial charge in [0.05, 0.1) is 11.4 Å². The fourth-order valence-electron chi connectivity index (χ4n) is 8.31. The third kappa shape index (κ3) is 6.77. The van der Waals surface area contributed by atoms with Crippen LogP contribution in [0, 0.1) is 0 Å². The smallest absolute Gasteiger partial charge is 0.165 e. The molecule has 0 aliphatic rings. The van der Waals surface area contributed by atoms with Gasteiger partial charge in [0.15, 0.2) is 17.5 Å². The Bertz CT molecular complexity index is 3210. The Balaban J connectivity index is 1.15. The number of nitrogens with zero attached hydrogens (tertiary/aromatic N) is 4. The molecule has 3 heterocycles. The topological polar surface area (TPSA) is 51.6 Å². The first-order valence-corrected chi connectivity index (χ1v) is 21.2. The van der Waals surface area contributed by atoms with Crippen LogP contribution in [0.1, 0.15) is 0 Å². The molecule has 61 heavy (non-hydrogen) atoms. The van der Waals surface area contributed by atoms with Gasteiger partial charge in [-0.3, -0.25) is 0 Å². The highest BCUT2D eigenvalue weighted by Crippen LogP contribution is 2.49. The zero-order valence-electron chi connectivity index (χ0n) is 33.0. The Hall–Kier alpha value is -7.86. The van der Waals surface area contributed by atoms with E-state index in [9.17, 15) is 0 Å². The van der Waals surface area contributed by atoms with E-state index in [2.05, 4.69) is 200 Å². The number of fused-ring (bicyclic) bond motifs is 3. The lowest BCUT2D eigenvalue weighted by Gasteiger charge is -2.23. The van der Waals surface area contributed by atoms with Crippen LogP contribution in [0.5, 0.6) is 0 Å². The Morgan fingerprint density at radius 1 is 0.262 bits per heavy atom. The molecule has 8 aromatic carbocycles. The van der Waals surface area contributed by atoms with Crippen molar-refractivity contribution in [1.82, 2.24) is 19.9 Å². The minimum Gasteiger partial charge on any atom is -0.246 e. The minimum atomic E-state index is 0.616. The summed E-state index contributed by atoms with van der Waals surface area (Å²) in [5.41, 5.74) is 13.3. The molecular weight excluding hydrogens is 761 g/mol. The third-order valence-electron chi connectivity index (χ3n) is 11.2. The Morgan fingerprint density at radius 2 is 0.656 bits per heavy atom. The lowest BCUT2D eigenvalue weighted by Crippen LogP contribution is -2.02. The number of rotatable bonds is 8.